The minimum absolute atomic E-state index is 0.0999. The molecule has 0 radical (unpaired) electrons. The van der Waals surface area contributed by atoms with Gasteiger partial charge in [-0.05, 0) is 56.0 Å². The molecule has 1 fully saturated rings. The van der Waals surface area contributed by atoms with E-state index in [9.17, 15) is 4.79 Å². The standard InChI is InChI=1S/C21H24N6O/c1-15-23-19(14-20(24-15)27-12-4-11-22-27)25-17-7-9-18(10-8-17)26-21(28)13-16-5-2-3-6-16/h4,7-12,14,16H,2-3,5-6,13H2,1H3,(H,26,28)(H,23,24,25). The number of hydrogen-bond acceptors (Lipinski definition) is 5. The first-order valence-electron chi connectivity index (χ1n) is 9.68. The zero-order chi connectivity index (χ0) is 19.3. The molecule has 0 spiro atoms. The summed E-state index contributed by atoms with van der Waals surface area (Å²) in [6.07, 6.45) is 9.03. The fourth-order valence-electron chi connectivity index (χ4n) is 3.61. The van der Waals surface area contributed by atoms with Crippen LogP contribution in [0.5, 0.6) is 0 Å². The van der Waals surface area contributed by atoms with Crippen molar-refractivity contribution in [2.45, 2.75) is 39.0 Å². The van der Waals surface area contributed by atoms with Gasteiger partial charge in [-0.3, -0.25) is 4.79 Å². The lowest BCUT2D eigenvalue weighted by Gasteiger charge is -2.11. The topological polar surface area (TPSA) is 84.7 Å². The Morgan fingerprint density at radius 1 is 1.14 bits per heavy atom. The molecule has 4 rings (SSSR count). The third-order valence-electron chi connectivity index (χ3n) is 4.95. The Morgan fingerprint density at radius 2 is 1.89 bits per heavy atom. The number of carbonyl (C=O) groups excluding carboxylic acids is 1. The fraction of sp³-hybridized carbons (Fsp3) is 0.333. The molecule has 1 saturated carbocycles. The molecular formula is C21H24N6O. The first-order valence-corrected chi connectivity index (χ1v) is 9.68. The van der Waals surface area contributed by atoms with E-state index in [-0.39, 0.29) is 5.91 Å². The van der Waals surface area contributed by atoms with Crippen LogP contribution < -0.4 is 10.6 Å². The number of aromatic nitrogens is 4. The molecule has 0 bridgehead atoms. The Balaban J connectivity index is 1.40. The van der Waals surface area contributed by atoms with Crippen LogP contribution in [0.3, 0.4) is 0 Å². The van der Waals surface area contributed by atoms with Crippen LogP contribution in [0.4, 0.5) is 17.2 Å². The van der Waals surface area contributed by atoms with Crippen LogP contribution in [0.1, 0.15) is 37.9 Å². The van der Waals surface area contributed by atoms with E-state index >= 15 is 0 Å². The molecule has 2 heterocycles. The van der Waals surface area contributed by atoms with Crippen molar-refractivity contribution < 1.29 is 4.79 Å². The summed E-state index contributed by atoms with van der Waals surface area (Å²) in [6, 6.07) is 11.3. The van der Waals surface area contributed by atoms with E-state index in [1.807, 2.05) is 49.5 Å². The average molecular weight is 376 g/mol. The zero-order valence-electron chi connectivity index (χ0n) is 15.9. The van der Waals surface area contributed by atoms with E-state index < -0.39 is 0 Å². The minimum atomic E-state index is 0.0999. The summed E-state index contributed by atoms with van der Waals surface area (Å²) in [5, 5.41) is 10.5. The third kappa shape index (κ3) is 4.54. The molecule has 3 aromatic rings. The highest BCUT2D eigenvalue weighted by Gasteiger charge is 2.18. The van der Waals surface area contributed by atoms with Gasteiger partial charge in [-0.2, -0.15) is 5.10 Å². The number of amides is 1. The Morgan fingerprint density at radius 3 is 2.61 bits per heavy atom. The van der Waals surface area contributed by atoms with E-state index in [4.69, 9.17) is 0 Å². The van der Waals surface area contributed by atoms with Crippen LogP contribution in [0, 0.1) is 12.8 Å². The first kappa shape index (κ1) is 18.2. The van der Waals surface area contributed by atoms with Crippen molar-refractivity contribution in [3.8, 4) is 5.82 Å². The predicted octanol–water partition coefficient (Wildman–Crippen LogP) is 4.23. The Labute approximate surface area is 164 Å². The maximum absolute atomic E-state index is 12.2. The zero-order valence-corrected chi connectivity index (χ0v) is 15.9. The molecule has 0 aliphatic heterocycles. The summed E-state index contributed by atoms with van der Waals surface area (Å²) in [7, 11) is 0. The van der Waals surface area contributed by atoms with E-state index in [0.29, 0.717) is 29.8 Å². The molecule has 0 unspecified atom stereocenters. The molecule has 1 amide bonds. The Hall–Kier alpha value is -3.22. The second-order valence-corrected chi connectivity index (χ2v) is 7.21. The largest absolute Gasteiger partial charge is 0.340 e. The molecule has 0 atom stereocenters. The summed E-state index contributed by atoms with van der Waals surface area (Å²) in [4.78, 5) is 21.0. The van der Waals surface area contributed by atoms with Crippen LogP contribution in [-0.4, -0.2) is 25.7 Å². The quantitative estimate of drug-likeness (QED) is 0.672. The van der Waals surface area contributed by atoms with Crippen molar-refractivity contribution in [1.82, 2.24) is 19.7 Å². The summed E-state index contributed by atoms with van der Waals surface area (Å²) < 4.78 is 1.70. The number of carbonyl (C=O) groups is 1. The van der Waals surface area contributed by atoms with E-state index in [1.165, 1.54) is 25.7 Å². The highest BCUT2D eigenvalue weighted by molar-refractivity contribution is 5.91. The second-order valence-electron chi connectivity index (χ2n) is 7.21. The predicted molar refractivity (Wildman–Crippen MR) is 109 cm³/mol. The van der Waals surface area contributed by atoms with Crippen molar-refractivity contribution in [2.75, 3.05) is 10.6 Å². The molecule has 7 heteroatoms. The highest BCUT2D eigenvalue weighted by Crippen LogP contribution is 2.28. The fourth-order valence-corrected chi connectivity index (χ4v) is 3.61. The van der Waals surface area contributed by atoms with Gasteiger partial charge < -0.3 is 10.6 Å². The SMILES string of the molecule is Cc1nc(Nc2ccc(NC(=O)CC3CCCC3)cc2)cc(-n2cccn2)n1. The molecule has 2 N–H and O–H groups in total. The summed E-state index contributed by atoms with van der Waals surface area (Å²) in [6.45, 7) is 1.85. The maximum atomic E-state index is 12.2. The molecule has 0 saturated heterocycles. The van der Waals surface area contributed by atoms with Gasteiger partial charge in [0.15, 0.2) is 5.82 Å². The van der Waals surface area contributed by atoms with Gasteiger partial charge in [0.2, 0.25) is 5.91 Å². The number of nitrogens with one attached hydrogen (secondary N) is 2. The Kier molecular flexibility index (Phi) is 5.32. The normalized spacial score (nSPS) is 14.2. The van der Waals surface area contributed by atoms with Crippen LogP contribution >= 0.6 is 0 Å². The van der Waals surface area contributed by atoms with Crippen molar-refractivity contribution >= 4 is 23.1 Å². The maximum Gasteiger partial charge on any atom is 0.224 e. The second kappa shape index (κ2) is 8.21. The highest BCUT2D eigenvalue weighted by atomic mass is 16.1. The number of hydrogen-bond donors (Lipinski definition) is 2. The molecule has 28 heavy (non-hydrogen) atoms. The van der Waals surface area contributed by atoms with E-state index in [1.54, 1.807) is 10.9 Å². The van der Waals surface area contributed by atoms with Gasteiger partial charge in [0, 0.05) is 36.3 Å². The monoisotopic (exact) mass is 376 g/mol. The lowest BCUT2D eigenvalue weighted by molar-refractivity contribution is -0.117. The van der Waals surface area contributed by atoms with Crippen molar-refractivity contribution in [2.24, 2.45) is 5.92 Å². The average Bonchev–Trinajstić information content (AvgIpc) is 3.37. The van der Waals surface area contributed by atoms with Crippen molar-refractivity contribution in [3.05, 3.63) is 54.6 Å². The third-order valence-corrected chi connectivity index (χ3v) is 4.95. The molecular weight excluding hydrogens is 352 g/mol. The molecule has 2 aromatic heterocycles. The van der Waals surface area contributed by atoms with Gasteiger partial charge in [-0.15, -0.1) is 0 Å². The van der Waals surface area contributed by atoms with E-state index in [0.717, 1.165) is 11.4 Å². The molecule has 144 valence electrons. The van der Waals surface area contributed by atoms with E-state index in [2.05, 4.69) is 25.7 Å². The first-order chi connectivity index (χ1) is 13.7. The van der Waals surface area contributed by atoms with Gasteiger partial charge in [-0.1, -0.05) is 12.8 Å². The number of aryl methyl sites for hydroxylation is 1. The van der Waals surface area contributed by atoms with Crippen LogP contribution in [0.2, 0.25) is 0 Å². The van der Waals surface area contributed by atoms with Crippen LogP contribution in [-0.2, 0) is 4.79 Å². The lowest BCUT2D eigenvalue weighted by Crippen LogP contribution is -2.15. The summed E-state index contributed by atoms with van der Waals surface area (Å²) in [5.74, 6) is 2.70. The molecule has 1 aliphatic rings. The number of benzene rings is 1. The summed E-state index contributed by atoms with van der Waals surface area (Å²) in [5.41, 5.74) is 1.70. The molecule has 1 aromatic carbocycles. The van der Waals surface area contributed by atoms with Gasteiger partial charge in [0.05, 0.1) is 0 Å². The molecule has 1 aliphatic carbocycles. The van der Waals surface area contributed by atoms with Crippen LogP contribution in [0.15, 0.2) is 48.8 Å². The van der Waals surface area contributed by atoms with Gasteiger partial charge in [0.1, 0.15) is 11.6 Å². The smallest absolute Gasteiger partial charge is 0.224 e. The number of nitrogens with zero attached hydrogens (tertiary/aromatic N) is 4. The lowest BCUT2D eigenvalue weighted by atomic mass is 10.0. The summed E-state index contributed by atoms with van der Waals surface area (Å²) >= 11 is 0. The van der Waals surface area contributed by atoms with Gasteiger partial charge in [0.25, 0.3) is 0 Å². The van der Waals surface area contributed by atoms with Gasteiger partial charge in [-0.25, -0.2) is 14.6 Å². The van der Waals surface area contributed by atoms with Crippen LogP contribution in [0.25, 0.3) is 5.82 Å². The molecule has 7 nitrogen and oxygen atoms in total. The van der Waals surface area contributed by atoms with Crippen molar-refractivity contribution in [1.29, 1.82) is 0 Å². The minimum Gasteiger partial charge on any atom is -0.340 e. The number of anilines is 3. The Bertz CT molecular complexity index is 930. The van der Waals surface area contributed by atoms with Gasteiger partial charge >= 0.3 is 0 Å². The van der Waals surface area contributed by atoms with Crippen molar-refractivity contribution in [3.63, 3.8) is 0 Å². The number of rotatable bonds is 6.